The molecule has 2 aliphatic carbocycles. The molecule has 2 saturated carbocycles. The van der Waals surface area contributed by atoms with Crippen LogP contribution in [0.3, 0.4) is 0 Å². The molecule has 4 heterocycles. The summed E-state index contributed by atoms with van der Waals surface area (Å²) in [6, 6.07) is 16.5. The first-order valence-corrected chi connectivity index (χ1v) is 17.2. The van der Waals surface area contributed by atoms with Gasteiger partial charge in [0.1, 0.15) is 22.8 Å². The van der Waals surface area contributed by atoms with Crippen molar-refractivity contribution in [2.24, 2.45) is 9.98 Å². The van der Waals surface area contributed by atoms with Crippen LogP contribution in [0.25, 0.3) is 0 Å². The molecule has 0 amide bonds. The number of carbonyl (C=O) groups is 2. The molecule has 2 aromatic heterocycles. The largest absolute Gasteiger partial charge is 0.459 e. The fourth-order valence-corrected chi connectivity index (χ4v) is 8.04. The van der Waals surface area contributed by atoms with Gasteiger partial charge in [-0.1, -0.05) is 24.3 Å². The molecule has 4 fully saturated rings. The summed E-state index contributed by atoms with van der Waals surface area (Å²) < 4.78 is 11.1. The molecule has 10 nitrogen and oxygen atoms in total. The van der Waals surface area contributed by atoms with Crippen LogP contribution >= 0.6 is 0 Å². The van der Waals surface area contributed by atoms with Gasteiger partial charge in [-0.05, 0) is 89.8 Å². The van der Waals surface area contributed by atoms with Gasteiger partial charge in [-0.3, -0.25) is 9.98 Å². The molecular formula is C38H44N6O4. The summed E-state index contributed by atoms with van der Waals surface area (Å²) in [7, 11) is 0. The molecule has 4 atom stereocenters. The lowest BCUT2D eigenvalue weighted by atomic mass is 9.86. The zero-order chi connectivity index (χ0) is 33.8. The number of aromatic nitrogens is 2. The molecule has 2 unspecified atom stereocenters. The van der Waals surface area contributed by atoms with E-state index >= 15 is 0 Å². The summed E-state index contributed by atoms with van der Waals surface area (Å²) in [6.45, 7) is 14.2. The lowest BCUT2D eigenvalue weighted by molar-refractivity contribution is 0.0367. The third-order valence-electron chi connectivity index (χ3n) is 10.1. The predicted octanol–water partition coefficient (Wildman–Crippen LogP) is 5.59. The molecule has 0 bridgehead atoms. The summed E-state index contributed by atoms with van der Waals surface area (Å²) in [5, 5.41) is 0. The Bertz CT molecular complexity index is 1670. The summed E-state index contributed by atoms with van der Waals surface area (Å²) in [6.07, 6.45) is 4.88. The van der Waals surface area contributed by atoms with Crippen molar-refractivity contribution < 1.29 is 19.1 Å². The second kappa shape index (κ2) is 12.1. The van der Waals surface area contributed by atoms with Crippen molar-refractivity contribution in [3.05, 3.63) is 83.2 Å². The number of anilines is 2. The smallest absolute Gasteiger partial charge is 0.342 e. The molecular weight excluding hydrogens is 604 g/mol. The van der Waals surface area contributed by atoms with Gasteiger partial charge in [0.2, 0.25) is 0 Å². The zero-order valence-corrected chi connectivity index (χ0v) is 28.6. The van der Waals surface area contributed by atoms with E-state index in [1.165, 1.54) is 11.1 Å². The normalized spacial score (nSPS) is 27.1. The van der Waals surface area contributed by atoms with Crippen molar-refractivity contribution >= 4 is 35.0 Å². The van der Waals surface area contributed by atoms with Gasteiger partial charge in [-0.15, -0.1) is 0 Å². The minimum atomic E-state index is -0.354. The number of piperidine rings is 2. The van der Waals surface area contributed by atoms with E-state index in [2.05, 4.69) is 57.9 Å². The molecule has 7 rings (SSSR count). The Labute approximate surface area is 282 Å². The Morgan fingerprint density at radius 3 is 1.48 bits per heavy atom. The van der Waals surface area contributed by atoms with Gasteiger partial charge in [0.15, 0.2) is 0 Å². The summed E-state index contributed by atoms with van der Waals surface area (Å²) in [5.41, 5.74) is 5.28. The van der Waals surface area contributed by atoms with Crippen LogP contribution in [0.15, 0.2) is 70.9 Å². The van der Waals surface area contributed by atoms with E-state index in [-0.39, 0.29) is 47.1 Å². The molecule has 1 aromatic carbocycles. The molecule has 0 N–H and O–H groups in total. The molecule has 250 valence electrons. The molecule has 10 heteroatoms. The highest BCUT2D eigenvalue weighted by molar-refractivity contribution is 6.09. The van der Waals surface area contributed by atoms with E-state index in [1.807, 2.05) is 27.7 Å². The van der Waals surface area contributed by atoms with Crippen molar-refractivity contribution in [3.63, 3.8) is 0 Å². The van der Waals surface area contributed by atoms with Crippen molar-refractivity contribution in [2.45, 2.75) is 89.5 Å². The first-order chi connectivity index (χ1) is 23.1. The Kier molecular flexibility index (Phi) is 8.08. The first kappa shape index (κ1) is 32.0. The van der Waals surface area contributed by atoms with E-state index in [0.717, 1.165) is 24.3 Å². The second-order valence-electron chi connectivity index (χ2n) is 13.7. The quantitative estimate of drug-likeness (QED) is 0.262. The van der Waals surface area contributed by atoms with Crippen LogP contribution in [0.4, 0.5) is 11.6 Å². The van der Waals surface area contributed by atoms with Gasteiger partial charge < -0.3 is 19.3 Å². The van der Waals surface area contributed by atoms with E-state index < -0.39 is 0 Å². The maximum absolute atomic E-state index is 13.0. The van der Waals surface area contributed by atoms with Crippen LogP contribution in [-0.4, -0.2) is 83.8 Å². The lowest BCUT2D eigenvalue weighted by Crippen LogP contribution is -2.28. The predicted molar refractivity (Wildman–Crippen MR) is 187 cm³/mol. The number of esters is 2. The van der Waals surface area contributed by atoms with Gasteiger partial charge in [0, 0.05) is 49.0 Å². The number of fused-ring (bicyclic) bond motifs is 2. The highest BCUT2D eigenvalue weighted by Gasteiger charge is 2.68. The van der Waals surface area contributed by atoms with Crippen LogP contribution in [-0.2, 0) is 20.3 Å². The van der Waals surface area contributed by atoms with Gasteiger partial charge in [0.25, 0.3) is 0 Å². The number of hydrogen-bond donors (Lipinski definition) is 0. The van der Waals surface area contributed by atoms with Crippen molar-refractivity contribution in [1.82, 2.24) is 9.97 Å². The van der Waals surface area contributed by atoms with Crippen LogP contribution in [0.5, 0.6) is 0 Å². The maximum Gasteiger partial charge on any atom is 0.342 e. The molecule has 2 aliphatic heterocycles. The zero-order valence-electron chi connectivity index (χ0n) is 28.6. The van der Waals surface area contributed by atoms with Crippen LogP contribution in [0.2, 0.25) is 0 Å². The summed E-state index contributed by atoms with van der Waals surface area (Å²) >= 11 is 0. The Hall–Kier alpha value is -4.60. The minimum absolute atomic E-state index is 0.161. The Morgan fingerprint density at radius 1 is 0.729 bits per heavy atom. The van der Waals surface area contributed by atoms with Crippen molar-refractivity contribution in [1.29, 1.82) is 0 Å². The van der Waals surface area contributed by atoms with Crippen molar-refractivity contribution in [2.75, 3.05) is 36.0 Å². The van der Waals surface area contributed by atoms with E-state index in [9.17, 15) is 9.59 Å². The van der Waals surface area contributed by atoms with Gasteiger partial charge >= 0.3 is 11.9 Å². The van der Waals surface area contributed by atoms with Crippen LogP contribution in [0, 0.1) is 0 Å². The minimum Gasteiger partial charge on any atom is -0.459 e. The van der Waals surface area contributed by atoms with Gasteiger partial charge in [-0.2, -0.15) is 0 Å². The summed E-state index contributed by atoms with van der Waals surface area (Å²) in [4.78, 5) is 49.9. The van der Waals surface area contributed by atoms with E-state index in [0.29, 0.717) is 48.9 Å². The molecule has 0 spiro atoms. The number of aliphatic imine (C=N–C) groups is 2. The fraction of sp³-hybridized carbons (Fsp3) is 0.474. The third kappa shape index (κ3) is 5.07. The average molecular weight is 649 g/mol. The number of nitrogens with zero attached hydrogens (tertiary/aromatic N) is 6. The number of rotatable bonds is 10. The number of carbonyl (C=O) groups excluding carboxylic acids is 2. The number of ether oxygens (including phenoxy) is 2. The van der Waals surface area contributed by atoms with E-state index in [1.54, 1.807) is 36.7 Å². The van der Waals surface area contributed by atoms with E-state index in [4.69, 9.17) is 19.5 Å². The number of benzene rings is 1. The third-order valence-corrected chi connectivity index (χ3v) is 10.1. The average Bonchev–Trinajstić information content (AvgIpc) is 3.95. The van der Waals surface area contributed by atoms with Crippen LogP contribution < -0.4 is 9.80 Å². The lowest BCUT2D eigenvalue weighted by Gasteiger charge is -2.21. The van der Waals surface area contributed by atoms with Gasteiger partial charge in [0.05, 0.1) is 36.1 Å². The summed E-state index contributed by atoms with van der Waals surface area (Å²) in [5.74, 6) is 0.607. The topological polar surface area (TPSA) is 110 Å². The number of hydrogen-bond acceptors (Lipinski definition) is 10. The highest BCUT2D eigenvalue weighted by atomic mass is 16.5. The number of pyridine rings is 2. The monoisotopic (exact) mass is 648 g/mol. The molecule has 48 heavy (non-hydrogen) atoms. The first-order valence-electron chi connectivity index (χ1n) is 17.2. The Morgan fingerprint density at radius 2 is 1.12 bits per heavy atom. The maximum atomic E-state index is 13.0. The SMILES string of the molecule is CCN=C1CN(c2ncccc2C(=O)OC(C)C)C2C[C@]12c1ccc([C@]23CC2N(c2ncccc2C(=O)OC(C)C)CC3=NCC)cc1. The molecule has 3 aromatic rings. The second-order valence-corrected chi connectivity index (χ2v) is 13.7. The van der Waals surface area contributed by atoms with Crippen molar-refractivity contribution in [3.8, 4) is 0 Å². The van der Waals surface area contributed by atoms with Crippen LogP contribution in [0.1, 0.15) is 86.2 Å². The standard InChI is InChI=1S/C38H44N6O4/c1-7-39-29-21-43(33-27(11-9-17-41-33)35(45)47-23(3)4)31-19-37(29,31)25-13-15-26(16-14-25)38-20-32(38)44(22-30(38)40-8-2)34-28(12-10-18-42-34)36(46)48-24(5)6/h9-18,23-24,31-32H,7-8,19-22H2,1-6H3/t31?,32?,37-,38-/m0/s1. The molecule has 4 aliphatic rings. The fourth-order valence-electron chi connectivity index (χ4n) is 8.04. The highest BCUT2D eigenvalue weighted by Crippen LogP contribution is 2.60. The molecule has 0 radical (unpaired) electrons. The Balaban J connectivity index is 1.18. The molecule has 2 saturated heterocycles. The van der Waals surface area contributed by atoms with Gasteiger partial charge in [-0.25, -0.2) is 19.6 Å².